The second-order valence-corrected chi connectivity index (χ2v) is 5.49. The van der Waals surface area contributed by atoms with Gasteiger partial charge in [-0.05, 0) is 38.1 Å². The molecule has 8 heteroatoms. The van der Waals surface area contributed by atoms with Crippen LogP contribution >= 0.6 is 0 Å². The van der Waals surface area contributed by atoms with Crippen molar-refractivity contribution in [2.24, 2.45) is 5.73 Å². The van der Waals surface area contributed by atoms with Gasteiger partial charge in [0.15, 0.2) is 11.5 Å². The molecule has 2 aromatic rings. The SMILES string of the molecule is CNC(C)C(=O)NCCc1cccc(Nc2nccnc2C(N)=O)c1. The third kappa shape index (κ3) is 5.25. The molecule has 1 atom stereocenters. The van der Waals surface area contributed by atoms with Crippen LogP contribution < -0.4 is 21.7 Å². The molecule has 1 aromatic heterocycles. The number of primary amides is 1. The maximum atomic E-state index is 11.7. The van der Waals surface area contributed by atoms with Crippen LogP contribution in [0.1, 0.15) is 23.0 Å². The highest BCUT2D eigenvalue weighted by molar-refractivity contribution is 5.96. The molecule has 0 aliphatic heterocycles. The van der Waals surface area contributed by atoms with Crippen LogP contribution in [-0.2, 0) is 11.2 Å². The molecule has 0 aliphatic carbocycles. The van der Waals surface area contributed by atoms with E-state index in [1.165, 1.54) is 12.4 Å². The number of likely N-dealkylation sites (N-methyl/N-ethyl adjacent to an activating group) is 1. The van der Waals surface area contributed by atoms with Gasteiger partial charge < -0.3 is 21.7 Å². The minimum absolute atomic E-state index is 0.0394. The number of hydrogen-bond acceptors (Lipinski definition) is 6. The first kappa shape index (κ1) is 18.3. The molecular formula is C17H22N6O2. The van der Waals surface area contributed by atoms with Crippen molar-refractivity contribution in [2.75, 3.05) is 18.9 Å². The Morgan fingerprint density at radius 2 is 2.00 bits per heavy atom. The van der Waals surface area contributed by atoms with Gasteiger partial charge >= 0.3 is 0 Å². The Kier molecular flexibility index (Phi) is 6.41. The summed E-state index contributed by atoms with van der Waals surface area (Å²) in [6, 6.07) is 7.40. The van der Waals surface area contributed by atoms with E-state index in [0.29, 0.717) is 18.8 Å². The number of benzene rings is 1. The van der Waals surface area contributed by atoms with Crippen molar-refractivity contribution >= 4 is 23.3 Å². The van der Waals surface area contributed by atoms with Gasteiger partial charge in [-0.25, -0.2) is 9.97 Å². The zero-order valence-electron chi connectivity index (χ0n) is 14.2. The van der Waals surface area contributed by atoms with Gasteiger partial charge in [0, 0.05) is 24.6 Å². The Hall–Kier alpha value is -3.00. The smallest absolute Gasteiger partial charge is 0.271 e. The van der Waals surface area contributed by atoms with Gasteiger partial charge in [-0.1, -0.05) is 12.1 Å². The van der Waals surface area contributed by atoms with E-state index in [0.717, 1.165) is 11.3 Å². The molecule has 0 radical (unpaired) electrons. The largest absolute Gasteiger partial charge is 0.364 e. The molecule has 0 saturated carbocycles. The van der Waals surface area contributed by atoms with E-state index in [1.807, 2.05) is 24.3 Å². The predicted molar refractivity (Wildman–Crippen MR) is 95.5 cm³/mol. The van der Waals surface area contributed by atoms with Crippen LogP contribution in [0.5, 0.6) is 0 Å². The van der Waals surface area contributed by atoms with Gasteiger partial charge in [-0.3, -0.25) is 9.59 Å². The fourth-order valence-corrected chi connectivity index (χ4v) is 2.17. The normalized spacial score (nSPS) is 11.6. The summed E-state index contributed by atoms with van der Waals surface area (Å²) in [7, 11) is 1.74. The fourth-order valence-electron chi connectivity index (χ4n) is 2.17. The Morgan fingerprint density at radius 1 is 1.24 bits per heavy atom. The number of anilines is 2. The van der Waals surface area contributed by atoms with Crippen molar-refractivity contribution in [3.8, 4) is 0 Å². The molecule has 132 valence electrons. The van der Waals surface area contributed by atoms with Crippen molar-refractivity contribution < 1.29 is 9.59 Å². The molecule has 5 N–H and O–H groups in total. The quantitative estimate of drug-likeness (QED) is 0.557. The minimum atomic E-state index is -0.645. The number of nitrogens with two attached hydrogens (primary N) is 1. The summed E-state index contributed by atoms with van der Waals surface area (Å²) in [6.45, 7) is 2.34. The summed E-state index contributed by atoms with van der Waals surface area (Å²) in [5, 5.41) is 8.81. The number of amides is 2. The van der Waals surface area contributed by atoms with E-state index >= 15 is 0 Å². The van der Waals surface area contributed by atoms with Crippen LogP contribution in [0, 0.1) is 0 Å². The van der Waals surface area contributed by atoms with Crippen molar-refractivity contribution in [1.29, 1.82) is 0 Å². The number of hydrogen-bond donors (Lipinski definition) is 4. The Bertz CT molecular complexity index is 749. The van der Waals surface area contributed by atoms with Crippen molar-refractivity contribution in [1.82, 2.24) is 20.6 Å². The topological polar surface area (TPSA) is 122 Å². The van der Waals surface area contributed by atoms with Crippen LogP contribution in [0.3, 0.4) is 0 Å². The predicted octanol–water partition coefficient (Wildman–Crippen LogP) is 0.586. The van der Waals surface area contributed by atoms with Crippen LogP contribution in [0.4, 0.5) is 11.5 Å². The van der Waals surface area contributed by atoms with Crippen LogP contribution in [0.15, 0.2) is 36.7 Å². The van der Waals surface area contributed by atoms with Crippen molar-refractivity contribution in [2.45, 2.75) is 19.4 Å². The lowest BCUT2D eigenvalue weighted by Gasteiger charge is -2.12. The summed E-state index contributed by atoms with van der Waals surface area (Å²) in [6.07, 6.45) is 3.58. The van der Waals surface area contributed by atoms with Crippen LogP contribution in [0.2, 0.25) is 0 Å². The first-order valence-electron chi connectivity index (χ1n) is 7.93. The first-order valence-corrected chi connectivity index (χ1v) is 7.93. The molecule has 1 unspecified atom stereocenters. The number of rotatable bonds is 8. The summed E-state index contributed by atoms with van der Waals surface area (Å²) in [5.74, 6) is -0.376. The minimum Gasteiger partial charge on any atom is -0.364 e. The molecular weight excluding hydrogens is 320 g/mol. The van der Waals surface area contributed by atoms with Gasteiger partial charge in [0.1, 0.15) is 0 Å². The first-order chi connectivity index (χ1) is 12.0. The summed E-state index contributed by atoms with van der Waals surface area (Å²) in [4.78, 5) is 31.2. The van der Waals surface area contributed by atoms with E-state index in [9.17, 15) is 9.59 Å². The molecule has 1 heterocycles. The van der Waals surface area contributed by atoms with E-state index in [2.05, 4.69) is 25.9 Å². The second kappa shape index (κ2) is 8.74. The van der Waals surface area contributed by atoms with Crippen molar-refractivity contribution in [3.63, 3.8) is 0 Å². The standard InChI is InChI=1S/C17H22N6O2/c1-11(19-2)17(25)22-7-6-12-4-3-5-13(10-12)23-16-14(15(18)24)20-8-9-21-16/h3-5,8-11,19H,6-7H2,1-2H3,(H2,18,24)(H,21,23)(H,22,25). The monoisotopic (exact) mass is 342 g/mol. The Morgan fingerprint density at radius 3 is 2.72 bits per heavy atom. The fraction of sp³-hybridized carbons (Fsp3) is 0.294. The molecule has 0 fully saturated rings. The molecule has 1 aromatic carbocycles. The van der Waals surface area contributed by atoms with Gasteiger partial charge in [0.2, 0.25) is 5.91 Å². The molecule has 25 heavy (non-hydrogen) atoms. The van der Waals surface area contributed by atoms with E-state index < -0.39 is 5.91 Å². The summed E-state index contributed by atoms with van der Waals surface area (Å²) < 4.78 is 0. The highest BCUT2D eigenvalue weighted by Gasteiger charge is 2.11. The highest BCUT2D eigenvalue weighted by Crippen LogP contribution is 2.18. The zero-order valence-corrected chi connectivity index (χ0v) is 14.2. The average molecular weight is 342 g/mol. The maximum absolute atomic E-state index is 11.7. The third-order valence-corrected chi connectivity index (χ3v) is 3.66. The Balaban J connectivity index is 2.00. The van der Waals surface area contributed by atoms with Crippen LogP contribution in [-0.4, -0.2) is 41.4 Å². The molecule has 8 nitrogen and oxygen atoms in total. The number of nitrogens with one attached hydrogen (secondary N) is 3. The van der Waals surface area contributed by atoms with Crippen LogP contribution in [0.25, 0.3) is 0 Å². The zero-order chi connectivity index (χ0) is 18.2. The van der Waals surface area contributed by atoms with Gasteiger partial charge in [-0.2, -0.15) is 0 Å². The van der Waals surface area contributed by atoms with Gasteiger partial charge in [0.05, 0.1) is 6.04 Å². The number of carbonyl (C=O) groups excluding carboxylic acids is 2. The lowest BCUT2D eigenvalue weighted by atomic mass is 10.1. The molecule has 0 bridgehead atoms. The van der Waals surface area contributed by atoms with Gasteiger partial charge in [-0.15, -0.1) is 0 Å². The molecule has 2 amide bonds. The lowest BCUT2D eigenvalue weighted by Crippen LogP contribution is -2.41. The van der Waals surface area contributed by atoms with E-state index in [4.69, 9.17) is 5.73 Å². The van der Waals surface area contributed by atoms with E-state index in [-0.39, 0.29) is 17.6 Å². The molecule has 0 saturated heterocycles. The second-order valence-electron chi connectivity index (χ2n) is 5.49. The molecule has 2 rings (SSSR count). The maximum Gasteiger partial charge on any atom is 0.271 e. The van der Waals surface area contributed by atoms with E-state index in [1.54, 1.807) is 14.0 Å². The lowest BCUT2D eigenvalue weighted by molar-refractivity contribution is -0.122. The van der Waals surface area contributed by atoms with Crippen molar-refractivity contribution in [3.05, 3.63) is 47.9 Å². The Labute approximate surface area is 146 Å². The molecule has 0 aliphatic rings. The number of carbonyl (C=O) groups is 2. The summed E-state index contributed by atoms with van der Waals surface area (Å²) in [5.41, 5.74) is 7.18. The van der Waals surface area contributed by atoms with Gasteiger partial charge in [0.25, 0.3) is 5.91 Å². The average Bonchev–Trinajstić information content (AvgIpc) is 2.61. The number of nitrogens with zero attached hydrogens (tertiary/aromatic N) is 2. The summed E-state index contributed by atoms with van der Waals surface area (Å²) >= 11 is 0. The third-order valence-electron chi connectivity index (χ3n) is 3.66. The molecule has 0 spiro atoms. The number of aromatic nitrogens is 2. The highest BCUT2D eigenvalue weighted by atomic mass is 16.2.